The van der Waals surface area contributed by atoms with Crippen LogP contribution >= 0.6 is 23.2 Å². The zero-order chi connectivity index (χ0) is 19.2. The monoisotopic (exact) mass is 404 g/mol. The van der Waals surface area contributed by atoms with E-state index in [-0.39, 0.29) is 11.5 Å². The highest BCUT2D eigenvalue weighted by atomic mass is 35.5. The van der Waals surface area contributed by atoms with Crippen molar-refractivity contribution in [2.75, 3.05) is 5.32 Å². The highest BCUT2D eigenvalue weighted by Crippen LogP contribution is 2.25. The molecule has 8 heteroatoms. The molecule has 0 aliphatic rings. The van der Waals surface area contributed by atoms with Gasteiger partial charge in [-0.2, -0.15) is 0 Å². The number of halogens is 2. The summed E-state index contributed by atoms with van der Waals surface area (Å²) in [5.41, 5.74) is 0.996. The van der Waals surface area contributed by atoms with Crippen molar-refractivity contribution in [1.29, 1.82) is 0 Å². The van der Waals surface area contributed by atoms with Gasteiger partial charge in [0, 0.05) is 18.0 Å². The molecule has 0 spiro atoms. The zero-order valence-electron chi connectivity index (χ0n) is 14.5. The Kier molecular flexibility index (Phi) is 6.42. The molecule has 0 radical (unpaired) electrons. The van der Waals surface area contributed by atoms with E-state index in [1.807, 2.05) is 6.07 Å². The minimum atomic E-state index is -0.143. The third-order valence-corrected chi connectivity index (χ3v) is 4.66. The first-order valence-corrected chi connectivity index (χ1v) is 9.37. The summed E-state index contributed by atoms with van der Waals surface area (Å²) >= 11 is 11.9. The van der Waals surface area contributed by atoms with Crippen LogP contribution in [-0.4, -0.2) is 20.9 Å². The first-order chi connectivity index (χ1) is 13.0. The molecule has 0 bridgehead atoms. The molecule has 6 nitrogen and oxygen atoms in total. The molecule has 0 aliphatic carbocycles. The van der Waals surface area contributed by atoms with Crippen molar-refractivity contribution in [3.8, 4) is 0 Å². The number of aryl methyl sites for hydroxylation is 1. The predicted molar refractivity (Wildman–Crippen MR) is 107 cm³/mol. The standard InChI is InChI=1S/C19H18Cl2N4O2/c20-13-9-10-17(15(21)12-13)22-18(26)8-2-1-5-11-25-19(27)14-6-3-4-7-16(14)23-24-25/h3-4,6-7,9-10,12H,1-2,5,8,11H2,(H,22,26). The average Bonchev–Trinajstić information content (AvgIpc) is 2.65. The second kappa shape index (κ2) is 8.97. The Bertz CT molecular complexity index is 1020. The third-order valence-electron chi connectivity index (χ3n) is 4.11. The Hall–Kier alpha value is -2.44. The number of nitrogens with one attached hydrogen (secondary N) is 1. The quantitative estimate of drug-likeness (QED) is 0.595. The molecule has 0 saturated heterocycles. The summed E-state index contributed by atoms with van der Waals surface area (Å²) in [6.07, 6.45) is 2.61. The lowest BCUT2D eigenvalue weighted by Gasteiger charge is -2.08. The van der Waals surface area contributed by atoms with Gasteiger partial charge in [-0.05, 0) is 43.2 Å². The minimum absolute atomic E-state index is 0.109. The normalized spacial score (nSPS) is 10.9. The molecule has 1 aromatic heterocycles. The number of benzene rings is 2. The maximum absolute atomic E-state index is 12.3. The number of aromatic nitrogens is 3. The van der Waals surface area contributed by atoms with Gasteiger partial charge >= 0.3 is 0 Å². The number of hydrogen-bond donors (Lipinski definition) is 1. The number of unbranched alkanes of at least 4 members (excludes halogenated alkanes) is 2. The van der Waals surface area contributed by atoms with Crippen molar-refractivity contribution >= 4 is 45.7 Å². The summed E-state index contributed by atoms with van der Waals surface area (Å²) < 4.78 is 1.37. The fraction of sp³-hybridized carbons (Fsp3) is 0.263. The van der Waals surface area contributed by atoms with Crippen molar-refractivity contribution in [3.63, 3.8) is 0 Å². The third kappa shape index (κ3) is 5.05. The lowest BCUT2D eigenvalue weighted by Crippen LogP contribution is -2.24. The molecule has 1 N–H and O–H groups in total. The van der Waals surface area contributed by atoms with E-state index in [1.165, 1.54) is 4.68 Å². The van der Waals surface area contributed by atoms with Crippen LogP contribution in [0.2, 0.25) is 10.0 Å². The number of fused-ring (bicyclic) bond motifs is 1. The van der Waals surface area contributed by atoms with E-state index in [0.717, 1.165) is 12.8 Å². The van der Waals surface area contributed by atoms with Crippen molar-refractivity contribution in [1.82, 2.24) is 15.0 Å². The highest BCUT2D eigenvalue weighted by molar-refractivity contribution is 6.36. The number of nitrogens with zero attached hydrogens (tertiary/aromatic N) is 3. The summed E-state index contributed by atoms with van der Waals surface area (Å²) in [6, 6.07) is 12.1. The van der Waals surface area contributed by atoms with Gasteiger partial charge in [-0.1, -0.05) is 47.0 Å². The van der Waals surface area contributed by atoms with Gasteiger partial charge in [-0.25, -0.2) is 4.68 Å². The number of carbonyl (C=O) groups excluding carboxylic acids is 1. The van der Waals surface area contributed by atoms with Gasteiger partial charge in [0.15, 0.2) is 0 Å². The zero-order valence-corrected chi connectivity index (χ0v) is 16.0. The van der Waals surface area contributed by atoms with E-state index in [2.05, 4.69) is 15.6 Å². The second-order valence-electron chi connectivity index (χ2n) is 6.12. The Morgan fingerprint density at radius 1 is 1.07 bits per heavy atom. The van der Waals surface area contributed by atoms with Crippen LogP contribution in [0.4, 0.5) is 5.69 Å². The molecule has 1 amide bonds. The molecule has 3 rings (SSSR count). The largest absolute Gasteiger partial charge is 0.325 e. The Morgan fingerprint density at radius 3 is 2.70 bits per heavy atom. The van der Waals surface area contributed by atoms with Crippen molar-refractivity contribution < 1.29 is 4.79 Å². The number of hydrogen-bond acceptors (Lipinski definition) is 4. The van der Waals surface area contributed by atoms with Gasteiger partial charge in [-0.15, -0.1) is 5.10 Å². The summed E-state index contributed by atoms with van der Waals surface area (Å²) in [5, 5.41) is 12.3. The van der Waals surface area contributed by atoms with Crippen LogP contribution in [0.5, 0.6) is 0 Å². The molecular weight excluding hydrogens is 387 g/mol. The van der Waals surface area contributed by atoms with E-state index >= 15 is 0 Å². The maximum Gasteiger partial charge on any atom is 0.277 e. The van der Waals surface area contributed by atoms with Crippen LogP contribution in [0.15, 0.2) is 47.3 Å². The Morgan fingerprint density at radius 2 is 1.89 bits per heavy atom. The predicted octanol–water partition coefficient (Wildman–Crippen LogP) is 4.30. The van der Waals surface area contributed by atoms with Crippen LogP contribution in [0, 0.1) is 0 Å². The van der Waals surface area contributed by atoms with Crippen LogP contribution in [0.25, 0.3) is 10.9 Å². The fourth-order valence-electron chi connectivity index (χ4n) is 2.70. The summed E-state index contributed by atoms with van der Waals surface area (Å²) in [6.45, 7) is 0.474. The first kappa shape index (κ1) is 19.3. The minimum Gasteiger partial charge on any atom is -0.325 e. The number of anilines is 1. The van der Waals surface area contributed by atoms with Gasteiger partial charge in [0.05, 0.1) is 16.1 Å². The summed E-state index contributed by atoms with van der Waals surface area (Å²) in [5.74, 6) is -0.109. The molecule has 0 fully saturated rings. The van der Waals surface area contributed by atoms with Crippen molar-refractivity contribution in [2.45, 2.75) is 32.2 Å². The average molecular weight is 405 g/mol. The smallest absolute Gasteiger partial charge is 0.277 e. The second-order valence-corrected chi connectivity index (χ2v) is 6.96. The summed E-state index contributed by atoms with van der Waals surface area (Å²) in [7, 11) is 0. The maximum atomic E-state index is 12.3. The van der Waals surface area contributed by atoms with Crippen molar-refractivity contribution in [2.24, 2.45) is 0 Å². The van der Waals surface area contributed by atoms with E-state index in [4.69, 9.17) is 23.2 Å². The molecule has 1 heterocycles. The molecule has 27 heavy (non-hydrogen) atoms. The van der Waals surface area contributed by atoms with Crippen LogP contribution in [0.3, 0.4) is 0 Å². The van der Waals surface area contributed by atoms with E-state index < -0.39 is 0 Å². The molecule has 0 saturated carbocycles. The summed E-state index contributed by atoms with van der Waals surface area (Å²) in [4.78, 5) is 24.3. The molecule has 0 unspecified atom stereocenters. The molecule has 3 aromatic rings. The first-order valence-electron chi connectivity index (χ1n) is 8.62. The topological polar surface area (TPSA) is 76.9 Å². The molecule has 0 atom stereocenters. The molecule has 2 aromatic carbocycles. The number of amides is 1. The van der Waals surface area contributed by atoms with Gasteiger partial charge < -0.3 is 5.32 Å². The van der Waals surface area contributed by atoms with Gasteiger partial charge in [-0.3, -0.25) is 9.59 Å². The van der Waals surface area contributed by atoms with Gasteiger partial charge in [0.2, 0.25) is 5.91 Å². The Labute approximate surface area is 166 Å². The van der Waals surface area contributed by atoms with E-state index in [9.17, 15) is 9.59 Å². The molecule has 140 valence electrons. The fourth-order valence-corrected chi connectivity index (χ4v) is 3.15. The van der Waals surface area contributed by atoms with E-state index in [1.54, 1.807) is 36.4 Å². The molecule has 0 aliphatic heterocycles. The van der Waals surface area contributed by atoms with Crippen molar-refractivity contribution in [3.05, 3.63) is 62.9 Å². The van der Waals surface area contributed by atoms with Gasteiger partial charge in [0.25, 0.3) is 5.56 Å². The molecular formula is C19H18Cl2N4O2. The lowest BCUT2D eigenvalue weighted by molar-refractivity contribution is -0.116. The van der Waals surface area contributed by atoms with Gasteiger partial charge in [0.1, 0.15) is 5.52 Å². The number of rotatable bonds is 7. The lowest BCUT2D eigenvalue weighted by atomic mass is 10.2. The van der Waals surface area contributed by atoms with E-state index in [0.29, 0.717) is 46.0 Å². The number of carbonyl (C=O) groups is 1. The Balaban J connectivity index is 1.45. The van der Waals surface area contributed by atoms with Crippen LogP contribution < -0.4 is 10.9 Å². The van der Waals surface area contributed by atoms with Crippen LogP contribution in [-0.2, 0) is 11.3 Å². The van der Waals surface area contributed by atoms with Crippen LogP contribution in [0.1, 0.15) is 25.7 Å². The highest BCUT2D eigenvalue weighted by Gasteiger charge is 2.07. The SMILES string of the molecule is O=C(CCCCCn1nnc2ccccc2c1=O)Nc1ccc(Cl)cc1Cl.